The second-order valence-electron chi connectivity index (χ2n) is 5.50. The largest absolute Gasteiger partial charge is 0.465 e. The van der Waals surface area contributed by atoms with Gasteiger partial charge in [0.25, 0.3) is 0 Å². The topological polar surface area (TPSA) is 38.3 Å². The van der Waals surface area contributed by atoms with Crippen molar-refractivity contribution in [1.29, 1.82) is 0 Å². The second-order valence-corrected chi connectivity index (χ2v) is 6.48. The summed E-state index contributed by atoms with van der Waals surface area (Å²) >= 11 is 1.79. The Morgan fingerprint density at radius 3 is 2.81 bits per heavy atom. The third-order valence-corrected chi connectivity index (χ3v) is 4.87. The van der Waals surface area contributed by atoms with Crippen molar-refractivity contribution >= 4 is 23.0 Å². The lowest BCUT2D eigenvalue weighted by atomic mass is 10.1. The molecule has 1 unspecified atom stereocenters. The Kier molecular flexibility index (Phi) is 3.97. The molecule has 0 amide bonds. The molecule has 1 saturated carbocycles. The number of thiophene rings is 1. The standard InChI is InChI=1S/C17H19NO2S/c1-11-5-6-13(17(19)20-2)10-14(11)18-16(12-7-8-12)15-4-3-9-21-15/h3-6,9-10,12,16,18H,7-8H2,1-2H3. The fraction of sp³-hybridized carbons (Fsp3) is 0.353. The molecular formula is C17H19NO2S. The van der Waals surface area contributed by atoms with Gasteiger partial charge in [0.05, 0.1) is 18.7 Å². The SMILES string of the molecule is COC(=O)c1ccc(C)c(NC(c2cccs2)C2CC2)c1. The van der Waals surface area contributed by atoms with E-state index < -0.39 is 0 Å². The van der Waals surface area contributed by atoms with Crippen molar-refractivity contribution < 1.29 is 9.53 Å². The van der Waals surface area contributed by atoms with Crippen LogP contribution in [-0.2, 0) is 4.74 Å². The third kappa shape index (κ3) is 3.10. The van der Waals surface area contributed by atoms with Crippen molar-refractivity contribution in [2.45, 2.75) is 25.8 Å². The van der Waals surface area contributed by atoms with E-state index in [-0.39, 0.29) is 5.97 Å². The van der Waals surface area contributed by atoms with Crippen molar-refractivity contribution in [1.82, 2.24) is 0 Å². The van der Waals surface area contributed by atoms with Crippen LogP contribution < -0.4 is 5.32 Å². The van der Waals surface area contributed by atoms with Gasteiger partial charge in [0.2, 0.25) is 0 Å². The summed E-state index contributed by atoms with van der Waals surface area (Å²) in [6.07, 6.45) is 2.54. The van der Waals surface area contributed by atoms with E-state index in [1.807, 2.05) is 18.2 Å². The second kappa shape index (κ2) is 5.90. The molecule has 3 rings (SSSR count). The van der Waals surface area contributed by atoms with Crippen LogP contribution in [0.25, 0.3) is 0 Å². The van der Waals surface area contributed by atoms with E-state index in [0.717, 1.165) is 11.3 Å². The molecule has 1 heterocycles. The summed E-state index contributed by atoms with van der Waals surface area (Å²) in [6.45, 7) is 2.06. The number of carbonyl (C=O) groups excluding carboxylic acids is 1. The summed E-state index contributed by atoms with van der Waals surface area (Å²) < 4.78 is 4.80. The Labute approximate surface area is 129 Å². The van der Waals surface area contributed by atoms with E-state index in [1.165, 1.54) is 24.8 Å². The zero-order valence-electron chi connectivity index (χ0n) is 12.3. The zero-order chi connectivity index (χ0) is 14.8. The highest BCUT2D eigenvalue weighted by Crippen LogP contribution is 2.44. The van der Waals surface area contributed by atoms with Gasteiger partial charge in [0, 0.05) is 10.6 Å². The fourth-order valence-corrected chi connectivity index (χ4v) is 3.38. The van der Waals surface area contributed by atoms with E-state index in [0.29, 0.717) is 17.5 Å². The zero-order valence-corrected chi connectivity index (χ0v) is 13.1. The summed E-state index contributed by atoms with van der Waals surface area (Å²) in [5.41, 5.74) is 2.75. The lowest BCUT2D eigenvalue weighted by Crippen LogP contribution is -2.13. The molecule has 1 aliphatic rings. The van der Waals surface area contributed by atoms with Gasteiger partial charge >= 0.3 is 5.97 Å². The molecular weight excluding hydrogens is 282 g/mol. The van der Waals surface area contributed by atoms with E-state index in [1.54, 1.807) is 11.3 Å². The number of benzene rings is 1. The number of aryl methyl sites for hydroxylation is 1. The van der Waals surface area contributed by atoms with Crippen LogP contribution in [0.1, 0.15) is 39.7 Å². The maximum absolute atomic E-state index is 11.7. The number of nitrogens with one attached hydrogen (secondary N) is 1. The van der Waals surface area contributed by atoms with Gasteiger partial charge in [-0.1, -0.05) is 12.1 Å². The average Bonchev–Trinajstić information content (AvgIpc) is 3.19. The van der Waals surface area contributed by atoms with Gasteiger partial charge in [-0.15, -0.1) is 11.3 Å². The first-order valence-corrected chi connectivity index (χ1v) is 8.06. The maximum atomic E-state index is 11.7. The maximum Gasteiger partial charge on any atom is 0.337 e. The molecule has 0 spiro atoms. The van der Waals surface area contributed by atoms with Crippen LogP contribution in [0.2, 0.25) is 0 Å². The molecule has 1 aliphatic carbocycles. The van der Waals surface area contributed by atoms with Gasteiger partial charge in [-0.2, -0.15) is 0 Å². The lowest BCUT2D eigenvalue weighted by molar-refractivity contribution is 0.0601. The molecule has 1 aromatic heterocycles. The summed E-state index contributed by atoms with van der Waals surface area (Å²) in [5, 5.41) is 5.75. The number of hydrogen-bond donors (Lipinski definition) is 1. The van der Waals surface area contributed by atoms with Crippen molar-refractivity contribution in [3.8, 4) is 0 Å². The van der Waals surface area contributed by atoms with Crippen molar-refractivity contribution in [2.75, 3.05) is 12.4 Å². The highest BCUT2D eigenvalue weighted by Gasteiger charge is 2.33. The molecule has 0 saturated heterocycles. The highest BCUT2D eigenvalue weighted by atomic mass is 32.1. The summed E-state index contributed by atoms with van der Waals surface area (Å²) in [7, 11) is 1.41. The molecule has 0 radical (unpaired) electrons. The first-order chi connectivity index (χ1) is 10.2. The summed E-state index contributed by atoms with van der Waals surface area (Å²) in [4.78, 5) is 13.1. The number of esters is 1. The Hall–Kier alpha value is -1.81. The average molecular weight is 301 g/mol. The smallest absolute Gasteiger partial charge is 0.337 e. The molecule has 1 fully saturated rings. The van der Waals surface area contributed by atoms with Crippen molar-refractivity contribution in [2.24, 2.45) is 5.92 Å². The molecule has 1 atom stereocenters. The van der Waals surface area contributed by atoms with Crippen LogP contribution in [0.3, 0.4) is 0 Å². The number of anilines is 1. The number of ether oxygens (including phenoxy) is 1. The minimum atomic E-state index is -0.294. The van der Waals surface area contributed by atoms with Gasteiger partial charge in [0.15, 0.2) is 0 Å². The molecule has 0 bridgehead atoms. The predicted molar refractivity (Wildman–Crippen MR) is 85.9 cm³/mol. The van der Waals surface area contributed by atoms with Crippen LogP contribution in [0.4, 0.5) is 5.69 Å². The quantitative estimate of drug-likeness (QED) is 0.832. The Bertz CT molecular complexity index is 632. The molecule has 3 nitrogen and oxygen atoms in total. The number of rotatable bonds is 5. The van der Waals surface area contributed by atoms with Crippen LogP contribution in [0, 0.1) is 12.8 Å². The van der Waals surface area contributed by atoms with Gasteiger partial charge in [-0.25, -0.2) is 4.79 Å². The normalized spacial score (nSPS) is 15.5. The third-order valence-electron chi connectivity index (χ3n) is 3.91. The van der Waals surface area contributed by atoms with Gasteiger partial charge in [0.1, 0.15) is 0 Å². The van der Waals surface area contributed by atoms with Gasteiger partial charge in [-0.3, -0.25) is 0 Å². The minimum Gasteiger partial charge on any atom is -0.465 e. The molecule has 4 heteroatoms. The molecule has 21 heavy (non-hydrogen) atoms. The van der Waals surface area contributed by atoms with Crippen LogP contribution in [0.5, 0.6) is 0 Å². The molecule has 0 aliphatic heterocycles. The molecule has 1 N–H and O–H groups in total. The van der Waals surface area contributed by atoms with Gasteiger partial charge in [-0.05, 0) is 54.8 Å². The van der Waals surface area contributed by atoms with Crippen LogP contribution in [0.15, 0.2) is 35.7 Å². The first kappa shape index (κ1) is 14.1. The molecule has 110 valence electrons. The lowest BCUT2D eigenvalue weighted by Gasteiger charge is -2.20. The van der Waals surface area contributed by atoms with Gasteiger partial charge < -0.3 is 10.1 Å². The molecule has 2 aromatic rings. The summed E-state index contributed by atoms with van der Waals surface area (Å²) in [5.74, 6) is 0.405. The van der Waals surface area contributed by atoms with E-state index in [4.69, 9.17) is 4.74 Å². The number of carbonyl (C=O) groups is 1. The predicted octanol–water partition coefficient (Wildman–Crippen LogP) is 4.41. The van der Waals surface area contributed by atoms with E-state index >= 15 is 0 Å². The highest BCUT2D eigenvalue weighted by molar-refractivity contribution is 7.10. The van der Waals surface area contributed by atoms with Crippen LogP contribution in [-0.4, -0.2) is 13.1 Å². The number of hydrogen-bond acceptors (Lipinski definition) is 4. The monoisotopic (exact) mass is 301 g/mol. The van der Waals surface area contributed by atoms with E-state index in [2.05, 4.69) is 29.8 Å². The fourth-order valence-electron chi connectivity index (χ4n) is 2.51. The molecule has 1 aromatic carbocycles. The Morgan fingerprint density at radius 2 is 2.19 bits per heavy atom. The van der Waals surface area contributed by atoms with Crippen LogP contribution >= 0.6 is 11.3 Å². The minimum absolute atomic E-state index is 0.294. The summed E-state index contributed by atoms with van der Waals surface area (Å²) in [6, 6.07) is 10.3. The Balaban J connectivity index is 1.87. The number of methoxy groups -OCH3 is 1. The van der Waals surface area contributed by atoms with Crippen molar-refractivity contribution in [3.05, 3.63) is 51.7 Å². The first-order valence-electron chi connectivity index (χ1n) is 7.18. The Morgan fingerprint density at radius 1 is 1.38 bits per heavy atom. The van der Waals surface area contributed by atoms with Crippen molar-refractivity contribution in [3.63, 3.8) is 0 Å². The van der Waals surface area contributed by atoms with E-state index in [9.17, 15) is 4.79 Å².